The maximum absolute atomic E-state index is 13.4. The predicted molar refractivity (Wildman–Crippen MR) is 66.3 cm³/mol. The van der Waals surface area contributed by atoms with Crippen molar-refractivity contribution in [1.29, 1.82) is 0 Å². The summed E-state index contributed by atoms with van der Waals surface area (Å²) in [5.74, 6) is -1.32. The van der Waals surface area contributed by atoms with Crippen molar-refractivity contribution in [2.75, 3.05) is 5.73 Å². The minimum Gasteiger partial charge on any atom is -0.398 e. The number of benzene rings is 2. The quantitative estimate of drug-likeness (QED) is 0.595. The summed E-state index contributed by atoms with van der Waals surface area (Å²) in [6.07, 6.45) is -4.71. The van der Waals surface area contributed by atoms with Gasteiger partial charge in [0.2, 0.25) is 0 Å². The monoisotopic (exact) mass is 289 g/mol. The fourth-order valence-electron chi connectivity index (χ4n) is 1.65. The fourth-order valence-corrected chi connectivity index (χ4v) is 1.77. The van der Waals surface area contributed by atoms with E-state index in [4.69, 9.17) is 17.3 Å². The van der Waals surface area contributed by atoms with Gasteiger partial charge in [0.05, 0.1) is 16.3 Å². The number of hydrogen-bond acceptors (Lipinski definition) is 1. The molecule has 0 atom stereocenters. The van der Waals surface area contributed by atoms with E-state index in [1.165, 1.54) is 18.2 Å². The van der Waals surface area contributed by atoms with E-state index in [9.17, 15) is 17.6 Å². The van der Waals surface area contributed by atoms with Gasteiger partial charge in [-0.15, -0.1) is 0 Å². The molecule has 0 heterocycles. The summed E-state index contributed by atoms with van der Waals surface area (Å²) in [4.78, 5) is 0. The molecule has 0 fully saturated rings. The Labute approximate surface area is 111 Å². The van der Waals surface area contributed by atoms with Crippen LogP contribution in [-0.2, 0) is 6.18 Å². The van der Waals surface area contributed by atoms with Crippen molar-refractivity contribution in [3.8, 4) is 11.1 Å². The van der Waals surface area contributed by atoms with Crippen LogP contribution in [-0.4, -0.2) is 0 Å². The summed E-state index contributed by atoms with van der Waals surface area (Å²) in [5.41, 5.74) is 5.37. The van der Waals surface area contributed by atoms with Crippen molar-refractivity contribution in [2.45, 2.75) is 6.18 Å². The smallest absolute Gasteiger partial charge is 0.398 e. The van der Waals surface area contributed by atoms with Gasteiger partial charge in [-0.2, -0.15) is 13.2 Å². The van der Waals surface area contributed by atoms with E-state index in [2.05, 4.69) is 0 Å². The summed E-state index contributed by atoms with van der Waals surface area (Å²) in [6, 6.07) is 7.25. The Morgan fingerprint density at radius 1 is 0.947 bits per heavy atom. The van der Waals surface area contributed by atoms with Gasteiger partial charge in [-0.1, -0.05) is 23.7 Å². The normalized spacial score (nSPS) is 11.6. The second kappa shape index (κ2) is 4.74. The summed E-state index contributed by atoms with van der Waals surface area (Å²) < 4.78 is 50.7. The van der Waals surface area contributed by atoms with Crippen molar-refractivity contribution in [2.24, 2.45) is 0 Å². The van der Waals surface area contributed by atoms with Crippen LogP contribution < -0.4 is 5.73 Å². The number of alkyl halides is 3. The highest BCUT2D eigenvalue weighted by Gasteiger charge is 2.33. The maximum atomic E-state index is 13.4. The highest BCUT2D eigenvalue weighted by Crippen LogP contribution is 2.34. The molecule has 0 bridgehead atoms. The Balaban J connectivity index is 2.47. The first-order chi connectivity index (χ1) is 8.79. The van der Waals surface area contributed by atoms with Crippen LogP contribution in [0.25, 0.3) is 11.1 Å². The molecule has 2 N–H and O–H groups in total. The van der Waals surface area contributed by atoms with Crippen LogP contribution in [0.1, 0.15) is 5.56 Å². The zero-order chi connectivity index (χ0) is 14.2. The van der Waals surface area contributed by atoms with Crippen molar-refractivity contribution in [3.05, 3.63) is 52.8 Å². The van der Waals surface area contributed by atoms with Gasteiger partial charge in [0.15, 0.2) is 0 Å². The summed E-state index contributed by atoms with van der Waals surface area (Å²) in [7, 11) is 0. The van der Waals surface area contributed by atoms with E-state index in [0.29, 0.717) is 22.2 Å². The summed E-state index contributed by atoms with van der Waals surface area (Å²) in [6.45, 7) is 0. The highest BCUT2D eigenvalue weighted by molar-refractivity contribution is 6.33. The molecule has 0 saturated heterocycles. The van der Waals surface area contributed by atoms with Crippen molar-refractivity contribution < 1.29 is 17.6 Å². The molecule has 0 aliphatic rings. The van der Waals surface area contributed by atoms with E-state index >= 15 is 0 Å². The third-order valence-corrected chi connectivity index (χ3v) is 2.95. The van der Waals surface area contributed by atoms with Crippen molar-refractivity contribution in [3.63, 3.8) is 0 Å². The molecule has 0 aromatic heterocycles. The number of anilines is 1. The largest absolute Gasteiger partial charge is 0.419 e. The van der Waals surface area contributed by atoms with Gasteiger partial charge < -0.3 is 5.73 Å². The molecule has 6 heteroatoms. The third-order valence-electron chi connectivity index (χ3n) is 2.60. The molecule has 2 aromatic rings. The van der Waals surface area contributed by atoms with E-state index in [-0.39, 0.29) is 5.69 Å². The third kappa shape index (κ3) is 2.81. The Morgan fingerprint density at radius 3 is 2.05 bits per heavy atom. The molecule has 0 amide bonds. The Hall–Kier alpha value is -1.75. The molecule has 0 spiro atoms. The SMILES string of the molecule is Nc1cc(-c2ccc(C(F)(F)F)c(F)c2)ccc1Cl. The molecular formula is C13H8ClF4N. The minimum atomic E-state index is -4.71. The Kier molecular flexibility index (Phi) is 3.41. The van der Waals surface area contributed by atoms with E-state index < -0.39 is 17.6 Å². The number of nitrogen functional groups attached to an aromatic ring is 1. The van der Waals surface area contributed by atoms with Crippen LogP contribution >= 0.6 is 11.6 Å². The van der Waals surface area contributed by atoms with Gasteiger partial charge in [0.25, 0.3) is 0 Å². The number of hydrogen-bond donors (Lipinski definition) is 1. The molecule has 1 nitrogen and oxygen atoms in total. The molecule has 0 unspecified atom stereocenters. The van der Waals surface area contributed by atoms with Gasteiger partial charge in [0, 0.05) is 0 Å². The van der Waals surface area contributed by atoms with Crippen LogP contribution in [0, 0.1) is 5.82 Å². The minimum absolute atomic E-state index is 0.277. The lowest BCUT2D eigenvalue weighted by molar-refractivity contribution is -0.139. The summed E-state index contributed by atoms with van der Waals surface area (Å²) >= 11 is 5.74. The lowest BCUT2D eigenvalue weighted by Gasteiger charge is -2.10. The van der Waals surface area contributed by atoms with E-state index in [0.717, 1.165) is 6.07 Å². The van der Waals surface area contributed by atoms with E-state index in [1.54, 1.807) is 6.07 Å². The van der Waals surface area contributed by atoms with Crippen LogP contribution in [0.5, 0.6) is 0 Å². The van der Waals surface area contributed by atoms with Crippen LogP contribution in [0.2, 0.25) is 5.02 Å². The van der Waals surface area contributed by atoms with Crippen LogP contribution in [0.4, 0.5) is 23.2 Å². The predicted octanol–water partition coefficient (Wildman–Crippen LogP) is 4.75. The molecule has 0 aliphatic carbocycles. The van der Waals surface area contributed by atoms with Crippen molar-refractivity contribution in [1.82, 2.24) is 0 Å². The summed E-state index contributed by atoms with van der Waals surface area (Å²) in [5, 5.41) is 0.330. The first-order valence-electron chi connectivity index (χ1n) is 5.21. The Morgan fingerprint density at radius 2 is 1.53 bits per heavy atom. The number of nitrogens with two attached hydrogens (primary N) is 1. The highest BCUT2D eigenvalue weighted by atomic mass is 35.5. The van der Waals surface area contributed by atoms with E-state index in [1.807, 2.05) is 0 Å². The zero-order valence-electron chi connectivity index (χ0n) is 9.43. The molecular weight excluding hydrogens is 282 g/mol. The number of halogens is 5. The lowest BCUT2D eigenvalue weighted by atomic mass is 10.0. The molecule has 0 aliphatic heterocycles. The fraction of sp³-hybridized carbons (Fsp3) is 0.0769. The van der Waals surface area contributed by atoms with Gasteiger partial charge in [-0.05, 0) is 35.4 Å². The van der Waals surface area contributed by atoms with Gasteiger partial charge in [-0.3, -0.25) is 0 Å². The topological polar surface area (TPSA) is 26.0 Å². The van der Waals surface area contributed by atoms with Crippen LogP contribution in [0.15, 0.2) is 36.4 Å². The van der Waals surface area contributed by atoms with Gasteiger partial charge in [0.1, 0.15) is 5.82 Å². The molecule has 2 rings (SSSR count). The average molecular weight is 290 g/mol. The van der Waals surface area contributed by atoms with Gasteiger partial charge in [-0.25, -0.2) is 4.39 Å². The maximum Gasteiger partial charge on any atom is 0.419 e. The first kappa shape index (κ1) is 13.7. The molecule has 2 aromatic carbocycles. The molecule has 19 heavy (non-hydrogen) atoms. The van der Waals surface area contributed by atoms with Gasteiger partial charge >= 0.3 is 6.18 Å². The average Bonchev–Trinajstić information content (AvgIpc) is 2.31. The Bertz CT molecular complexity index is 623. The first-order valence-corrected chi connectivity index (χ1v) is 5.59. The second-order valence-electron chi connectivity index (χ2n) is 3.93. The molecule has 100 valence electrons. The van der Waals surface area contributed by atoms with Crippen LogP contribution in [0.3, 0.4) is 0 Å². The standard InChI is InChI=1S/C13H8ClF4N/c14-10-4-2-8(6-12(10)19)7-1-3-9(11(15)5-7)13(16,17)18/h1-6H,19H2. The lowest BCUT2D eigenvalue weighted by Crippen LogP contribution is -2.07. The zero-order valence-corrected chi connectivity index (χ0v) is 10.2. The van der Waals surface area contributed by atoms with Crippen molar-refractivity contribution >= 4 is 17.3 Å². The molecule has 0 saturated carbocycles. The second-order valence-corrected chi connectivity index (χ2v) is 4.34. The number of rotatable bonds is 1. The molecule has 0 radical (unpaired) electrons.